The number of rotatable bonds is 3. The van der Waals surface area contributed by atoms with Gasteiger partial charge in [-0.25, -0.2) is 0 Å². The molecule has 0 aliphatic heterocycles. The average Bonchev–Trinajstić information content (AvgIpc) is 2.30. The maximum Gasteiger partial charge on any atom is 0.0273 e. The molecule has 2 aromatic rings. The van der Waals surface area contributed by atoms with Gasteiger partial charge in [-0.3, -0.25) is 4.98 Å². The molecule has 1 nitrogen and oxygen atoms in total. The molecule has 0 radical (unpaired) electrons. The standard InChI is InChI=1S/C15H17N/c1-12(2)11-13-3-5-14(6-4-13)15-7-9-16-10-8-15/h3-10,12H,11H2,1-2H3. The van der Waals surface area contributed by atoms with E-state index in [-0.39, 0.29) is 0 Å². The number of nitrogens with zero attached hydrogens (tertiary/aromatic N) is 1. The molecule has 0 fully saturated rings. The number of hydrogen-bond acceptors (Lipinski definition) is 1. The number of hydrogen-bond donors (Lipinski definition) is 0. The van der Waals surface area contributed by atoms with E-state index in [2.05, 4.69) is 43.1 Å². The Bertz CT molecular complexity index is 429. The first kappa shape index (κ1) is 10.9. The van der Waals surface area contributed by atoms with Crippen LogP contribution in [0.3, 0.4) is 0 Å². The molecule has 82 valence electrons. The summed E-state index contributed by atoms with van der Waals surface area (Å²) >= 11 is 0. The summed E-state index contributed by atoms with van der Waals surface area (Å²) in [6.45, 7) is 4.49. The molecular formula is C15H17N. The molecule has 0 bridgehead atoms. The SMILES string of the molecule is CC(C)Cc1ccc(-c2ccncc2)cc1. The van der Waals surface area contributed by atoms with Crippen molar-refractivity contribution >= 4 is 0 Å². The van der Waals surface area contributed by atoms with Crippen LogP contribution in [0.15, 0.2) is 48.8 Å². The van der Waals surface area contributed by atoms with Gasteiger partial charge in [-0.2, -0.15) is 0 Å². The zero-order valence-electron chi connectivity index (χ0n) is 9.85. The second-order valence-corrected chi connectivity index (χ2v) is 4.53. The molecule has 1 heteroatoms. The zero-order valence-corrected chi connectivity index (χ0v) is 9.85. The molecule has 0 spiro atoms. The van der Waals surface area contributed by atoms with Crippen molar-refractivity contribution < 1.29 is 0 Å². The van der Waals surface area contributed by atoms with Gasteiger partial charge in [0.15, 0.2) is 0 Å². The van der Waals surface area contributed by atoms with Gasteiger partial charge in [-0.05, 0) is 41.2 Å². The number of pyridine rings is 1. The topological polar surface area (TPSA) is 12.9 Å². The van der Waals surface area contributed by atoms with E-state index in [1.165, 1.54) is 16.7 Å². The predicted octanol–water partition coefficient (Wildman–Crippen LogP) is 3.95. The molecule has 0 atom stereocenters. The van der Waals surface area contributed by atoms with Crippen LogP contribution in [0.2, 0.25) is 0 Å². The first-order valence-electron chi connectivity index (χ1n) is 5.75. The van der Waals surface area contributed by atoms with E-state index < -0.39 is 0 Å². The Kier molecular flexibility index (Phi) is 3.35. The van der Waals surface area contributed by atoms with Gasteiger partial charge in [0.25, 0.3) is 0 Å². The third-order valence-corrected chi connectivity index (χ3v) is 2.61. The minimum atomic E-state index is 0.715. The summed E-state index contributed by atoms with van der Waals surface area (Å²) in [4.78, 5) is 4.03. The van der Waals surface area contributed by atoms with Gasteiger partial charge in [-0.1, -0.05) is 38.1 Å². The molecule has 0 saturated carbocycles. The zero-order chi connectivity index (χ0) is 11.4. The quantitative estimate of drug-likeness (QED) is 0.749. The molecular weight excluding hydrogens is 194 g/mol. The van der Waals surface area contributed by atoms with Gasteiger partial charge in [-0.15, -0.1) is 0 Å². The van der Waals surface area contributed by atoms with Gasteiger partial charge in [0, 0.05) is 12.4 Å². The smallest absolute Gasteiger partial charge is 0.0273 e. The van der Waals surface area contributed by atoms with Crippen molar-refractivity contribution in [2.24, 2.45) is 5.92 Å². The second kappa shape index (κ2) is 4.93. The maximum absolute atomic E-state index is 4.03. The third-order valence-electron chi connectivity index (χ3n) is 2.61. The summed E-state index contributed by atoms with van der Waals surface area (Å²) in [5.74, 6) is 0.715. The lowest BCUT2D eigenvalue weighted by Crippen LogP contribution is -1.93. The van der Waals surface area contributed by atoms with Crippen molar-refractivity contribution in [2.75, 3.05) is 0 Å². The Labute approximate surface area is 97.2 Å². The van der Waals surface area contributed by atoms with E-state index in [0.29, 0.717) is 5.92 Å². The minimum absolute atomic E-state index is 0.715. The third kappa shape index (κ3) is 2.69. The van der Waals surface area contributed by atoms with Crippen LogP contribution in [0, 0.1) is 5.92 Å². The molecule has 1 aromatic carbocycles. The summed E-state index contributed by atoms with van der Waals surface area (Å²) in [6, 6.07) is 12.9. The highest BCUT2D eigenvalue weighted by atomic mass is 14.6. The largest absolute Gasteiger partial charge is 0.265 e. The maximum atomic E-state index is 4.03. The van der Waals surface area contributed by atoms with E-state index in [1.807, 2.05) is 24.5 Å². The van der Waals surface area contributed by atoms with E-state index in [4.69, 9.17) is 0 Å². The molecule has 1 aromatic heterocycles. The fraction of sp³-hybridized carbons (Fsp3) is 0.267. The van der Waals surface area contributed by atoms with Crippen molar-refractivity contribution in [2.45, 2.75) is 20.3 Å². The predicted molar refractivity (Wildman–Crippen MR) is 68.2 cm³/mol. The number of benzene rings is 1. The normalized spacial score (nSPS) is 10.7. The summed E-state index contributed by atoms with van der Waals surface area (Å²) in [7, 11) is 0. The molecule has 0 aliphatic rings. The first-order chi connectivity index (χ1) is 7.75. The lowest BCUT2D eigenvalue weighted by Gasteiger charge is -2.06. The minimum Gasteiger partial charge on any atom is -0.265 e. The van der Waals surface area contributed by atoms with Crippen LogP contribution in [0.5, 0.6) is 0 Å². The second-order valence-electron chi connectivity index (χ2n) is 4.53. The van der Waals surface area contributed by atoms with Crippen LogP contribution in [0.4, 0.5) is 0 Å². The molecule has 1 heterocycles. The molecule has 0 saturated heterocycles. The fourth-order valence-electron chi connectivity index (χ4n) is 1.85. The van der Waals surface area contributed by atoms with E-state index >= 15 is 0 Å². The van der Waals surface area contributed by atoms with Crippen molar-refractivity contribution in [3.8, 4) is 11.1 Å². The molecule has 16 heavy (non-hydrogen) atoms. The highest BCUT2D eigenvalue weighted by molar-refractivity contribution is 5.62. The Morgan fingerprint density at radius 3 is 2.00 bits per heavy atom. The van der Waals surface area contributed by atoms with Crippen molar-refractivity contribution in [1.29, 1.82) is 0 Å². The Morgan fingerprint density at radius 2 is 1.44 bits per heavy atom. The molecule has 2 rings (SSSR count). The lowest BCUT2D eigenvalue weighted by atomic mass is 10.00. The lowest BCUT2D eigenvalue weighted by molar-refractivity contribution is 0.647. The van der Waals surface area contributed by atoms with Crippen molar-refractivity contribution in [1.82, 2.24) is 4.98 Å². The first-order valence-corrected chi connectivity index (χ1v) is 5.75. The molecule has 0 aliphatic carbocycles. The molecule has 0 unspecified atom stereocenters. The van der Waals surface area contributed by atoms with Crippen LogP contribution >= 0.6 is 0 Å². The molecule has 0 N–H and O–H groups in total. The van der Waals surface area contributed by atoms with Gasteiger partial charge in [0.05, 0.1) is 0 Å². The Morgan fingerprint density at radius 1 is 0.875 bits per heavy atom. The summed E-state index contributed by atoms with van der Waals surface area (Å²) in [6.07, 6.45) is 4.81. The average molecular weight is 211 g/mol. The van der Waals surface area contributed by atoms with E-state index in [1.54, 1.807) is 0 Å². The van der Waals surface area contributed by atoms with Gasteiger partial charge >= 0.3 is 0 Å². The van der Waals surface area contributed by atoms with Crippen molar-refractivity contribution in [3.63, 3.8) is 0 Å². The van der Waals surface area contributed by atoms with Crippen LogP contribution in [0.1, 0.15) is 19.4 Å². The summed E-state index contributed by atoms with van der Waals surface area (Å²) in [5.41, 5.74) is 3.90. The highest BCUT2D eigenvalue weighted by Gasteiger charge is 1.99. The fourth-order valence-corrected chi connectivity index (χ4v) is 1.85. The van der Waals surface area contributed by atoms with Crippen LogP contribution < -0.4 is 0 Å². The van der Waals surface area contributed by atoms with E-state index in [0.717, 1.165) is 6.42 Å². The van der Waals surface area contributed by atoms with E-state index in [9.17, 15) is 0 Å². The van der Waals surface area contributed by atoms with Crippen LogP contribution in [-0.2, 0) is 6.42 Å². The van der Waals surface area contributed by atoms with Gasteiger partial charge < -0.3 is 0 Å². The molecule has 0 amide bonds. The van der Waals surface area contributed by atoms with Gasteiger partial charge in [0.2, 0.25) is 0 Å². The Balaban J connectivity index is 2.20. The number of aromatic nitrogens is 1. The summed E-state index contributed by atoms with van der Waals surface area (Å²) < 4.78 is 0. The van der Waals surface area contributed by atoms with Gasteiger partial charge in [0.1, 0.15) is 0 Å². The summed E-state index contributed by atoms with van der Waals surface area (Å²) in [5, 5.41) is 0. The van der Waals surface area contributed by atoms with Crippen LogP contribution in [-0.4, -0.2) is 4.98 Å². The Hall–Kier alpha value is -1.63. The highest BCUT2D eigenvalue weighted by Crippen LogP contribution is 2.19. The van der Waals surface area contributed by atoms with Crippen LogP contribution in [0.25, 0.3) is 11.1 Å². The van der Waals surface area contributed by atoms with Crippen molar-refractivity contribution in [3.05, 3.63) is 54.4 Å². The monoisotopic (exact) mass is 211 g/mol.